The van der Waals surface area contributed by atoms with Crippen LogP contribution in [0.1, 0.15) is 72.1 Å². The highest BCUT2D eigenvalue weighted by molar-refractivity contribution is 5.67. The zero-order valence-corrected chi connectivity index (χ0v) is 9.74. The van der Waals surface area contributed by atoms with Crippen LogP contribution in [0.2, 0.25) is 0 Å². The molecule has 0 saturated carbocycles. The molecule has 0 heterocycles. The van der Waals surface area contributed by atoms with Crippen LogP contribution >= 0.6 is 0 Å². The third-order valence-electron chi connectivity index (χ3n) is 2.55. The highest BCUT2D eigenvalue weighted by atomic mass is 16.4. The molecule has 1 unspecified atom stereocenters. The molecule has 3 nitrogen and oxygen atoms in total. The van der Waals surface area contributed by atoms with E-state index in [9.17, 15) is 9.90 Å². The monoisotopic (exact) mass is 232 g/mol. The molecule has 0 saturated heterocycles. The van der Waals surface area contributed by atoms with Gasteiger partial charge in [-0.15, -0.1) is 0 Å². The van der Waals surface area contributed by atoms with Crippen molar-refractivity contribution in [3.05, 3.63) is 0 Å². The second-order valence-electron chi connectivity index (χ2n) is 4.16. The Labute approximate surface area is 99.9 Å². The summed E-state index contributed by atoms with van der Waals surface area (Å²) in [5.41, 5.74) is 0. The lowest BCUT2D eigenvalue weighted by Crippen LogP contribution is -2.12. The van der Waals surface area contributed by atoms with E-state index in [4.69, 9.17) is 5.11 Å². The van der Waals surface area contributed by atoms with Crippen molar-refractivity contribution in [2.45, 2.75) is 78.2 Å². The average Bonchev–Trinajstić information content (AvgIpc) is 2.15. The molecule has 0 aromatic rings. The van der Waals surface area contributed by atoms with E-state index in [2.05, 4.69) is 6.92 Å². The molecule has 0 radical (unpaired) electrons. The molecule has 0 fully saturated rings. The van der Waals surface area contributed by atoms with E-state index in [1.807, 2.05) is 0 Å². The highest BCUT2D eigenvalue weighted by Crippen LogP contribution is 2.10. The predicted molar refractivity (Wildman–Crippen MR) is 67.6 cm³/mol. The van der Waals surface area contributed by atoms with Crippen molar-refractivity contribution < 1.29 is 15.0 Å². The predicted octanol–water partition coefficient (Wildman–Crippen LogP) is 3.60. The first-order chi connectivity index (χ1) is 7.16. The van der Waals surface area contributed by atoms with Gasteiger partial charge in [-0.3, -0.25) is 4.79 Å². The quantitative estimate of drug-likeness (QED) is 0.566. The van der Waals surface area contributed by atoms with Gasteiger partial charge in [0.2, 0.25) is 0 Å². The van der Waals surface area contributed by atoms with E-state index >= 15 is 0 Å². The van der Waals surface area contributed by atoms with Crippen molar-refractivity contribution in [2.24, 2.45) is 0 Å². The fraction of sp³-hybridized carbons (Fsp3) is 0.923. The molecule has 98 valence electrons. The van der Waals surface area contributed by atoms with Gasteiger partial charge >= 0.3 is 5.97 Å². The van der Waals surface area contributed by atoms with Gasteiger partial charge in [0.15, 0.2) is 0 Å². The number of hydrogen-bond donors (Lipinski definition) is 2. The summed E-state index contributed by atoms with van der Waals surface area (Å²) in [6, 6.07) is 0. The lowest BCUT2D eigenvalue weighted by atomic mass is 10.1. The first-order valence-corrected chi connectivity index (χ1v) is 6.06. The Balaban J connectivity index is 0. The maximum absolute atomic E-state index is 10.3. The molecule has 2 N–H and O–H groups in total. The molecular formula is C13H28O3. The van der Waals surface area contributed by atoms with Crippen LogP contribution in [0.3, 0.4) is 0 Å². The summed E-state index contributed by atoms with van der Waals surface area (Å²) in [6.45, 7) is 2.20. The lowest BCUT2D eigenvalue weighted by Gasteiger charge is -2.06. The van der Waals surface area contributed by atoms with Crippen molar-refractivity contribution in [1.82, 2.24) is 0 Å². The van der Waals surface area contributed by atoms with E-state index in [1.165, 1.54) is 32.1 Å². The van der Waals surface area contributed by atoms with E-state index in [0.29, 0.717) is 6.42 Å². The Morgan fingerprint density at radius 2 is 1.56 bits per heavy atom. The Morgan fingerprint density at radius 1 is 1.06 bits per heavy atom. The van der Waals surface area contributed by atoms with Gasteiger partial charge in [0, 0.05) is 0 Å². The van der Waals surface area contributed by atoms with Crippen molar-refractivity contribution in [3.8, 4) is 0 Å². The maximum Gasteiger partial charge on any atom is 0.305 e. The smallest absolute Gasteiger partial charge is 0.305 e. The van der Waals surface area contributed by atoms with Crippen LogP contribution in [0.4, 0.5) is 0 Å². The van der Waals surface area contributed by atoms with Crippen LogP contribution < -0.4 is 0 Å². The summed E-state index contributed by atoms with van der Waals surface area (Å²) < 4.78 is 0. The topological polar surface area (TPSA) is 57.5 Å². The Hall–Kier alpha value is -0.570. The summed E-state index contributed by atoms with van der Waals surface area (Å²) in [4.78, 5) is 10.3. The van der Waals surface area contributed by atoms with E-state index in [-0.39, 0.29) is 13.8 Å². The highest BCUT2D eigenvalue weighted by Gasteiger charge is 2.08. The number of aliphatic hydroxyl groups is 1. The number of aliphatic carboxylic acids is 1. The molecule has 0 aliphatic carbocycles. The van der Waals surface area contributed by atoms with E-state index < -0.39 is 12.1 Å². The molecule has 3 heteroatoms. The summed E-state index contributed by atoms with van der Waals surface area (Å²) in [6.07, 6.45) is 8.25. The van der Waals surface area contributed by atoms with Crippen LogP contribution in [-0.4, -0.2) is 22.3 Å². The molecule has 0 aliphatic rings. The van der Waals surface area contributed by atoms with Crippen LogP contribution in [0, 0.1) is 0 Å². The van der Waals surface area contributed by atoms with Gasteiger partial charge in [-0.2, -0.15) is 0 Å². The summed E-state index contributed by atoms with van der Waals surface area (Å²) in [5.74, 6) is -0.912. The largest absolute Gasteiger partial charge is 0.481 e. The Bertz CT molecular complexity index is 157. The second-order valence-corrected chi connectivity index (χ2v) is 4.16. The number of hydrogen-bond acceptors (Lipinski definition) is 2. The molecule has 1 atom stereocenters. The van der Waals surface area contributed by atoms with Crippen LogP contribution in [-0.2, 0) is 4.79 Å². The molecule has 0 aromatic heterocycles. The lowest BCUT2D eigenvalue weighted by molar-refractivity contribution is -0.139. The number of unbranched alkanes of at least 4 members (excludes halogenated alkanes) is 6. The van der Waals surface area contributed by atoms with Crippen LogP contribution in [0.15, 0.2) is 0 Å². The third-order valence-corrected chi connectivity index (χ3v) is 2.55. The van der Waals surface area contributed by atoms with Crippen molar-refractivity contribution in [2.75, 3.05) is 0 Å². The van der Waals surface area contributed by atoms with Gasteiger partial charge in [0.05, 0.1) is 12.5 Å². The van der Waals surface area contributed by atoms with Gasteiger partial charge in [-0.1, -0.05) is 59.3 Å². The zero-order chi connectivity index (χ0) is 11.5. The average molecular weight is 232 g/mol. The van der Waals surface area contributed by atoms with E-state index in [0.717, 1.165) is 12.8 Å². The van der Waals surface area contributed by atoms with Gasteiger partial charge in [-0.05, 0) is 6.42 Å². The number of carboxylic acid groups (broad SMARTS) is 1. The van der Waals surface area contributed by atoms with Gasteiger partial charge in [0.1, 0.15) is 0 Å². The molecule has 16 heavy (non-hydrogen) atoms. The normalized spacial score (nSPS) is 11.9. The minimum atomic E-state index is -0.912. The van der Waals surface area contributed by atoms with Crippen molar-refractivity contribution in [1.29, 1.82) is 0 Å². The van der Waals surface area contributed by atoms with Crippen LogP contribution in [0.25, 0.3) is 0 Å². The molecular weight excluding hydrogens is 204 g/mol. The SMILES string of the molecule is C.CCCCCCCCCC(O)CC(=O)O. The Kier molecular flexibility index (Phi) is 13.9. The minimum Gasteiger partial charge on any atom is -0.481 e. The minimum absolute atomic E-state index is 0. The zero-order valence-electron chi connectivity index (χ0n) is 9.74. The molecule has 0 bridgehead atoms. The van der Waals surface area contributed by atoms with Gasteiger partial charge < -0.3 is 10.2 Å². The van der Waals surface area contributed by atoms with Gasteiger partial charge in [0.25, 0.3) is 0 Å². The summed E-state index contributed by atoms with van der Waals surface area (Å²) >= 11 is 0. The fourth-order valence-corrected chi connectivity index (χ4v) is 1.64. The molecule has 0 spiro atoms. The fourth-order valence-electron chi connectivity index (χ4n) is 1.64. The number of aliphatic hydroxyl groups excluding tert-OH is 1. The number of carbonyl (C=O) groups is 1. The Morgan fingerprint density at radius 3 is 2.06 bits per heavy atom. The van der Waals surface area contributed by atoms with Crippen molar-refractivity contribution in [3.63, 3.8) is 0 Å². The van der Waals surface area contributed by atoms with Crippen LogP contribution in [0.5, 0.6) is 0 Å². The van der Waals surface area contributed by atoms with E-state index in [1.54, 1.807) is 0 Å². The number of carboxylic acids is 1. The summed E-state index contributed by atoms with van der Waals surface area (Å²) in [7, 11) is 0. The second kappa shape index (κ2) is 12.5. The molecule has 0 aliphatic heterocycles. The number of rotatable bonds is 10. The maximum atomic E-state index is 10.3. The van der Waals surface area contributed by atoms with Gasteiger partial charge in [-0.25, -0.2) is 0 Å². The standard InChI is InChI=1S/C12H24O3.CH4/c1-2-3-4-5-6-7-8-9-11(13)10-12(14)15;/h11,13H,2-10H2,1H3,(H,14,15);1H4. The molecule has 0 amide bonds. The first kappa shape index (κ1) is 17.8. The third kappa shape index (κ3) is 13.4. The molecule has 0 rings (SSSR count). The van der Waals surface area contributed by atoms with Crippen molar-refractivity contribution >= 4 is 5.97 Å². The molecule has 0 aromatic carbocycles. The first-order valence-electron chi connectivity index (χ1n) is 6.06. The summed E-state index contributed by atoms with van der Waals surface area (Å²) in [5, 5.41) is 17.7.